The van der Waals surface area contributed by atoms with E-state index in [1.807, 2.05) is 0 Å². The second-order valence-corrected chi connectivity index (χ2v) is 7.19. The van der Waals surface area contributed by atoms with Gasteiger partial charge in [0.15, 0.2) is 0 Å². The Morgan fingerprint density at radius 3 is 2.62 bits per heavy atom. The molecule has 5 nitrogen and oxygen atoms in total. The third kappa shape index (κ3) is 3.77. The van der Waals surface area contributed by atoms with E-state index in [-0.39, 0.29) is 28.6 Å². The number of halogens is 3. The lowest BCUT2D eigenvalue weighted by molar-refractivity contribution is 0.586. The number of nitrogens with zero attached hydrogens (tertiary/aromatic N) is 2. The van der Waals surface area contributed by atoms with Crippen molar-refractivity contribution in [3.8, 4) is 11.3 Å². The molecule has 0 radical (unpaired) electrons. The van der Waals surface area contributed by atoms with Crippen molar-refractivity contribution in [1.82, 2.24) is 14.3 Å². The minimum Gasteiger partial charge on any atom is -0.316 e. The van der Waals surface area contributed by atoms with E-state index < -0.39 is 21.7 Å². The van der Waals surface area contributed by atoms with E-state index >= 15 is 0 Å². The van der Waals surface area contributed by atoms with Gasteiger partial charge >= 0.3 is 0 Å². The minimum atomic E-state index is -4.01. The highest BCUT2D eigenvalue weighted by molar-refractivity contribution is 7.90. The van der Waals surface area contributed by atoms with Crippen molar-refractivity contribution in [2.24, 2.45) is 0 Å². The molecule has 0 atom stereocenters. The number of benzene rings is 1. The molecule has 3 aromatic rings. The molecule has 138 valence electrons. The zero-order valence-electron chi connectivity index (χ0n) is 13.7. The minimum absolute atomic E-state index is 0. The van der Waals surface area contributed by atoms with Crippen LogP contribution < -0.4 is 5.32 Å². The summed E-state index contributed by atoms with van der Waals surface area (Å²) in [6, 6.07) is 7.33. The Morgan fingerprint density at radius 1 is 1.19 bits per heavy atom. The van der Waals surface area contributed by atoms with Crippen LogP contribution in [0.1, 0.15) is 5.56 Å². The smallest absolute Gasteiger partial charge is 0.269 e. The van der Waals surface area contributed by atoms with Crippen LogP contribution in [0.25, 0.3) is 11.3 Å². The Kier molecular flexibility index (Phi) is 6.12. The van der Waals surface area contributed by atoms with Gasteiger partial charge in [-0.15, -0.1) is 12.4 Å². The molecule has 2 heterocycles. The van der Waals surface area contributed by atoms with Crippen molar-refractivity contribution in [2.75, 3.05) is 7.05 Å². The first-order valence-corrected chi connectivity index (χ1v) is 8.84. The summed E-state index contributed by atoms with van der Waals surface area (Å²) in [5, 5.41) is 2.90. The monoisotopic (exact) mass is 399 g/mol. The van der Waals surface area contributed by atoms with E-state index in [0.29, 0.717) is 12.1 Å². The van der Waals surface area contributed by atoms with Gasteiger partial charge in [0.1, 0.15) is 16.5 Å². The molecule has 3 rings (SSSR count). The highest BCUT2D eigenvalue weighted by Gasteiger charge is 2.23. The van der Waals surface area contributed by atoms with Crippen molar-refractivity contribution < 1.29 is 17.2 Å². The molecule has 2 aromatic heterocycles. The molecular formula is C17H16ClF2N3O2S. The second kappa shape index (κ2) is 7.94. The first-order chi connectivity index (χ1) is 11.9. The van der Waals surface area contributed by atoms with Crippen LogP contribution in [0, 0.1) is 11.6 Å². The third-order valence-electron chi connectivity index (χ3n) is 3.62. The summed E-state index contributed by atoms with van der Waals surface area (Å²) in [7, 11) is -2.30. The SMILES string of the molecule is CNCc1cc(-c2cc(F)ccc2F)n(S(=O)(=O)c2cccnc2)c1.Cl. The number of nitrogens with one attached hydrogen (secondary N) is 1. The molecule has 26 heavy (non-hydrogen) atoms. The molecule has 0 aliphatic heterocycles. The molecule has 0 spiro atoms. The largest absolute Gasteiger partial charge is 0.316 e. The Bertz CT molecular complexity index is 1010. The maximum Gasteiger partial charge on any atom is 0.269 e. The Morgan fingerprint density at radius 2 is 1.96 bits per heavy atom. The van der Waals surface area contributed by atoms with Crippen LogP contribution in [0.3, 0.4) is 0 Å². The zero-order chi connectivity index (χ0) is 18.0. The van der Waals surface area contributed by atoms with Crippen LogP contribution >= 0.6 is 12.4 Å². The highest BCUT2D eigenvalue weighted by atomic mass is 35.5. The molecule has 0 aliphatic rings. The molecule has 0 unspecified atom stereocenters. The number of hydrogen-bond acceptors (Lipinski definition) is 4. The predicted molar refractivity (Wildman–Crippen MR) is 96.6 cm³/mol. The summed E-state index contributed by atoms with van der Waals surface area (Å²) in [6.07, 6.45) is 4.05. The summed E-state index contributed by atoms with van der Waals surface area (Å²) in [6.45, 7) is 0.374. The molecule has 0 fully saturated rings. The Labute approximate surface area is 156 Å². The lowest BCUT2D eigenvalue weighted by atomic mass is 10.1. The summed E-state index contributed by atoms with van der Waals surface area (Å²) in [5.74, 6) is -1.36. The third-order valence-corrected chi connectivity index (χ3v) is 5.28. The Hall–Kier alpha value is -2.29. The van der Waals surface area contributed by atoms with Crippen LogP contribution in [-0.2, 0) is 16.6 Å². The molecule has 9 heteroatoms. The average Bonchev–Trinajstić information content (AvgIpc) is 3.03. The van der Waals surface area contributed by atoms with Gasteiger partial charge in [-0.05, 0) is 49.0 Å². The fourth-order valence-corrected chi connectivity index (χ4v) is 3.86. The molecule has 1 aromatic carbocycles. The van der Waals surface area contributed by atoms with E-state index in [1.165, 1.54) is 36.8 Å². The van der Waals surface area contributed by atoms with Gasteiger partial charge < -0.3 is 5.32 Å². The molecule has 1 N–H and O–H groups in total. The van der Waals surface area contributed by atoms with Crippen LogP contribution in [-0.4, -0.2) is 24.4 Å². The van der Waals surface area contributed by atoms with Crippen molar-refractivity contribution in [3.63, 3.8) is 0 Å². The maximum atomic E-state index is 14.2. The van der Waals surface area contributed by atoms with Crippen LogP contribution in [0.15, 0.2) is 59.9 Å². The summed E-state index contributed by atoms with van der Waals surface area (Å²) in [4.78, 5) is 3.77. The van der Waals surface area contributed by atoms with E-state index in [4.69, 9.17) is 0 Å². The second-order valence-electron chi connectivity index (χ2n) is 5.38. The highest BCUT2D eigenvalue weighted by Crippen LogP contribution is 2.29. The van der Waals surface area contributed by atoms with Gasteiger partial charge in [0.25, 0.3) is 10.0 Å². The maximum absolute atomic E-state index is 14.2. The van der Waals surface area contributed by atoms with Crippen LogP contribution in [0.4, 0.5) is 8.78 Å². The van der Waals surface area contributed by atoms with Crippen molar-refractivity contribution >= 4 is 22.4 Å². The van der Waals surface area contributed by atoms with Gasteiger partial charge in [0, 0.05) is 30.7 Å². The molecule has 0 saturated carbocycles. The molecule has 0 bridgehead atoms. The van der Waals surface area contributed by atoms with Crippen molar-refractivity contribution in [2.45, 2.75) is 11.4 Å². The van der Waals surface area contributed by atoms with Gasteiger partial charge in [-0.2, -0.15) is 0 Å². The fourth-order valence-electron chi connectivity index (χ4n) is 2.50. The molecule has 0 aliphatic carbocycles. The van der Waals surface area contributed by atoms with Crippen molar-refractivity contribution in [1.29, 1.82) is 0 Å². The van der Waals surface area contributed by atoms with Gasteiger partial charge in [0.05, 0.1) is 5.69 Å². The van der Waals surface area contributed by atoms with E-state index in [0.717, 1.165) is 22.2 Å². The number of pyridine rings is 1. The summed E-state index contributed by atoms with van der Waals surface area (Å²) >= 11 is 0. The summed E-state index contributed by atoms with van der Waals surface area (Å²) < 4.78 is 54.6. The first-order valence-electron chi connectivity index (χ1n) is 7.40. The van der Waals surface area contributed by atoms with Crippen molar-refractivity contribution in [3.05, 3.63) is 72.2 Å². The molecule has 0 amide bonds. The first kappa shape index (κ1) is 20.0. The molecule has 0 saturated heterocycles. The Balaban J connectivity index is 0.00000243. The number of hydrogen-bond donors (Lipinski definition) is 1. The number of rotatable bonds is 5. The standard InChI is InChI=1S/C17H15F2N3O2S.ClH/c1-20-9-12-7-17(15-8-13(18)4-5-16(15)19)22(11-12)25(23,24)14-3-2-6-21-10-14;/h2-8,10-11,20H,9H2,1H3;1H. The average molecular weight is 400 g/mol. The van der Waals surface area contributed by atoms with E-state index in [9.17, 15) is 17.2 Å². The quantitative estimate of drug-likeness (QED) is 0.715. The van der Waals surface area contributed by atoms with Gasteiger partial charge in [-0.1, -0.05) is 0 Å². The number of aromatic nitrogens is 2. The topological polar surface area (TPSA) is 64.0 Å². The van der Waals surface area contributed by atoms with Crippen LogP contribution in [0.5, 0.6) is 0 Å². The van der Waals surface area contributed by atoms with Gasteiger partial charge in [-0.25, -0.2) is 21.2 Å². The lowest BCUT2D eigenvalue weighted by Gasteiger charge is -2.11. The van der Waals surface area contributed by atoms with E-state index in [1.54, 1.807) is 7.05 Å². The normalized spacial score (nSPS) is 11.2. The van der Waals surface area contributed by atoms with Gasteiger partial charge in [0.2, 0.25) is 0 Å². The van der Waals surface area contributed by atoms with Gasteiger partial charge in [-0.3, -0.25) is 4.98 Å². The predicted octanol–water partition coefficient (Wildman–Crippen LogP) is 3.21. The van der Waals surface area contributed by atoms with E-state index in [2.05, 4.69) is 10.3 Å². The lowest BCUT2D eigenvalue weighted by Crippen LogP contribution is -2.14. The molecular weight excluding hydrogens is 384 g/mol. The fraction of sp³-hybridized carbons (Fsp3) is 0.118. The summed E-state index contributed by atoms with van der Waals surface area (Å²) in [5.41, 5.74) is 0.537. The van der Waals surface area contributed by atoms with Crippen LogP contribution in [0.2, 0.25) is 0 Å². The zero-order valence-corrected chi connectivity index (χ0v) is 15.3.